The summed E-state index contributed by atoms with van der Waals surface area (Å²) >= 11 is 0. The van der Waals surface area contributed by atoms with E-state index >= 15 is 0 Å². The number of aliphatic hydroxyl groups excluding tert-OH is 1. The van der Waals surface area contributed by atoms with E-state index in [4.69, 9.17) is 10.2 Å². The number of sulfone groups is 1. The Hall–Kier alpha value is -1.93. The SMILES string of the molecule is CS(=O)(=O)c1ccc(C(=O)N[C@@H](CO)C(=O)O)cc1. The van der Waals surface area contributed by atoms with Gasteiger partial charge in [0.25, 0.3) is 5.91 Å². The normalized spacial score (nSPS) is 12.7. The molecule has 0 unspecified atom stereocenters. The summed E-state index contributed by atoms with van der Waals surface area (Å²) < 4.78 is 22.4. The molecule has 0 aliphatic carbocycles. The second-order valence-corrected chi connectivity index (χ2v) is 5.86. The summed E-state index contributed by atoms with van der Waals surface area (Å²) in [6, 6.07) is 3.63. The standard InChI is InChI=1S/C11H13NO6S/c1-19(17,18)8-4-2-7(3-5-8)10(14)12-9(6-13)11(15)16/h2-5,9,13H,6H2,1H3,(H,12,14)(H,15,16)/t9-/m0/s1. The molecule has 3 N–H and O–H groups in total. The fourth-order valence-corrected chi connectivity index (χ4v) is 1.91. The van der Waals surface area contributed by atoms with Crippen LogP contribution in [-0.2, 0) is 14.6 Å². The van der Waals surface area contributed by atoms with Gasteiger partial charge in [-0.1, -0.05) is 0 Å². The minimum absolute atomic E-state index is 0.0565. The first-order chi connectivity index (χ1) is 8.75. The summed E-state index contributed by atoms with van der Waals surface area (Å²) in [5.74, 6) is -2.06. The molecule has 0 spiro atoms. The highest BCUT2D eigenvalue weighted by Gasteiger charge is 2.19. The van der Waals surface area contributed by atoms with Crippen molar-refractivity contribution in [2.45, 2.75) is 10.9 Å². The summed E-state index contributed by atoms with van der Waals surface area (Å²) in [6.45, 7) is -0.734. The molecular weight excluding hydrogens is 274 g/mol. The van der Waals surface area contributed by atoms with Crippen LogP contribution in [0.5, 0.6) is 0 Å². The molecule has 0 aromatic heterocycles. The second kappa shape index (κ2) is 5.81. The van der Waals surface area contributed by atoms with Crippen molar-refractivity contribution in [3.8, 4) is 0 Å². The van der Waals surface area contributed by atoms with Crippen LogP contribution in [0.4, 0.5) is 0 Å². The topological polar surface area (TPSA) is 121 Å². The first-order valence-electron chi connectivity index (χ1n) is 5.20. The van der Waals surface area contributed by atoms with Crippen LogP contribution in [0.25, 0.3) is 0 Å². The van der Waals surface area contributed by atoms with Gasteiger partial charge in [0.05, 0.1) is 11.5 Å². The van der Waals surface area contributed by atoms with Crippen LogP contribution >= 0.6 is 0 Å². The number of aliphatic carboxylic acids is 1. The monoisotopic (exact) mass is 287 g/mol. The number of carbonyl (C=O) groups is 2. The summed E-state index contributed by atoms with van der Waals surface area (Å²) in [5.41, 5.74) is 0.104. The molecule has 1 aromatic carbocycles. The van der Waals surface area contributed by atoms with E-state index in [1.807, 2.05) is 0 Å². The third kappa shape index (κ3) is 4.04. The number of hydrogen-bond acceptors (Lipinski definition) is 5. The van der Waals surface area contributed by atoms with Gasteiger partial charge in [0.15, 0.2) is 15.9 Å². The maximum atomic E-state index is 11.6. The highest BCUT2D eigenvalue weighted by Crippen LogP contribution is 2.10. The number of carboxylic acids is 1. The summed E-state index contributed by atoms with van der Waals surface area (Å²) in [4.78, 5) is 22.3. The number of rotatable bonds is 5. The molecule has 1 rings (SSSR count). The van der Waals surface area contributed by atoms with Gasteiger partial charge in [-0.2, -0.15) is 0 Å². The van der Waals surface area contributed by atoms with Gasteiger partial charge in [0.2, 0.25) is 0 Å². The minimum atomic E-state index is -3.35. The Morgan fingerprint density at radius 3 is 2.16 bits per heavy atom. The van der Waals surface area contributed by atoms with Crippen molar-refractivity contribution in [3.05, 3.63) is 29.8 Å². The molecule has 0 heterocycles. The van der Waals surface area contributed by atoms with Crippen molar-refractivity contribution in [3.63, 3.8) is 0 Å². The molecule has 0 saturated heterocycles. The van der Waals surface area contributed by atoms with Gasteiger partial charge in [0, 0.05) is 11.8 Å². The number of carbonyl (C=O) groups excluding carboxylic acids is 1. The largest absolute Gasteiger partial charge is 0.480 e. The predicted molar refractivity (Wildman–Crippen MR) is 65.5 cm³/mol. The first-order valence-corrected chi connectivity index (χ1v) is 7.09. The van der Waals surface area contributed by atoms with E-state index in [9.17, 15) is 18.0 Å². The van der Waals surface area contributed by atoms with Crippen molar-refractivity contribution >= 4 is 21.7 Å². The molecule has 1 aromatic rings. The van der Waals surface area contributed by atoms with Gasteiger partial charge in [-0.25, -0.2) is 13.2 Å². The maximum Gasteiger partial charge on any atom is 0.328 e. The van der Waals surface area contributed by atoms with E-state index in [-0.39, 0.29) is 10.5 Å². The molecule has 0 aliphatic heterocycles. The Bertz CT molecular complexity index is 578. The van der Waals surface area contributed by atoms with Crippen molar-refractivity contribution in [1.82, 2.24) is 5.32 Å². The molecule has 1 amide bonds. The van der Waals surface area contributed by atoms with Crippen LogP contribution < -0.4 is 5.32 Å². The van der Waals surface area contributed by atoms with Gasteiger partial charge >= 0.3 is 5.97 Å². The van der Waals surface area contributed by atoms with Crippen molar-refractivity contribution in [1.29, 1.82) is 0 Å². The minimum Gasteiger partial charge on any atom is -0.480 e. The molecule has 0 radical (unpaired) electrons. The fourth-order valence-electron chi connectivity index (χ4n) is 1.28. The molecule has 1 atom stereocenters. The second-order valence-electron chi connectivity index (χ2n) is 3.84. The number of aliphatic hydroxyl groups is 1. The van der Waals surface area contributed by atoms with E-state index < -0.39 is 34.4 Å². The zero-order valence-corrected chi connectivity index (χ0v) is 10.8. The number of hydrogen-bond donors (Lipinski definition) is 3. The van der Waals surface area contributed by atoms with Crippen LogP contribution in [0.2, 0.25) is 0 Å². The predicted octanol–water partition coefficient (Wildman–Crippen LogP) is -0.735. The Morgan fingerprint density at radius 1 is 1.26 bits per heavy atom. The Kier molecular flexibility index (Phi) is 4.62. The summed E-state index contributed by atoms with van der Waals surface area (Å²) in [5, 5.41) is 19.5. The Balaban J connectivity index is 2.87. The first kappa shape index (κ1) is 15.1. The average Bonchev–Trinajstić information content (AvgIpc) is 2.34. The highest BCUT2D eigenvalue weighted by molar-refractivity contribution is 7.90. The van der Waals surface area contributed by atoms with Crippen molar-refractivity contribution in [2.75, 3.05) is 12.9 Å². The summed E-state index contributed by atoms with van der Waals surface area (Å²) in [6.07, 6.45) is 1.04. The Labute approximate surface area is 109 Å². The zero-order chi connectivity index (χ0) is 14.6. The van der Waals surface area contributed by atoms with Gasteiger partial charge in [-0.05, 0) is 24.3 Å². The highest BCUT2D eigenvalue weighted by atomic mass is 32.2. The van der Waals surface area contributed by atoms with E-state index in [0.717, 1.165) is 6.26 Å². The average molecular weight is 287 g/mol. The van der Waals surface area contributed by atoms with Crippen LogP contribution in [-0.4, -0.2) is 49.4 Å². The number of benzene rings is 1. The maximum absolute atomic E-state index is 11.6. The summed E-state index contributed by atoms with van der Waals surface area (Å²) in [7, 11) is -3.35. The number of amides is 1. The van der Waals surface area contributed by atoms with Crippen LogP contribution in [0, 0.1) is 0 Å². The van der Waals surface area contributed by atoms with Crippen molar-refractivity contribution < 1.29 is 28.2 Å². The Morgan fingerprint density at radius 2 is 1.79 bits per heavy atom. The molecule has 104 valence electrons. The quantitative estimate of drug-likeness (QED) is 0.656. The van der Waals surface area contributed by atoms with Crippen molar-refractivity contribution in [2.24, 2.45) is 0 Å². The lowest BCUT2D eigenvalue weighted by Crippen LogP contribution is -2.43. The molecule has 0 aliphatic rings. The molecule has 0 saturated carbocycles. The molecule has 0 bridgehead atoms. The third-order valence-electron chi connectivity index (χ3n) is 2.33. The van der Waals surface area contributed by atoms with Gasteiger partial charge in [0.1, 0.15) is 0 Å². The lowest BCUT2D eigenvalue weighted by Gasteiger charge is -2.11. The number of nitrogens with one attached hydrogen (secondary N) is 1. The van der Waals surface area contributed by atoms with E-state index in [2.05, 4.69) is 5.32 Å². The fraction of sp³-hybridized carbons (Fsp3) is 0.273. The van der Waals surface area contributed by atoms with Gasteiger partial charge < -0.3 is 15.5 Å². The van der Waals surface area contributed by atoms with Crippen LogP contribution in [0.3, 0.4) is 0 Å². The van der Waals surface area contributed by atoms with Crippen LogP contribution in [0.15, 0.2) is 29.2 Å². The van der Waals surface area contributed by atoms with E-state index in [1.54, 1.807) is 0 Å². The third-order valence-corrected chi connectivity index (χ3v) is 3.46. The molecular formula is C11H13NO6S. The molecule has 7 nitrogen and oxygen atoms in total. The van der Waals surface area contributed by atoms with Crippen LogP contribution in [0.1, 0.15) is 10.4 Å². The van der Waals surface area contributed by atoms with E-state index in [1.165, 1.54) is 24.3 Å². The molecule has 19 heavy (non-hydrogen) atoms. The van der Waals surface area contributed by atoms with E-state index in [0.29, 0.717) is 0 Å². The lowest BCUT2D eigenvalue weighted by atomic mass is 10.2. The van der Waals surface area contributed by atoms with Gasteiger partial charge in [-0.3, -0.25) is 4.79 Å². The molecule has 0 fully saturated rings. The van der Waals surface area contributed by atoms with Gasteiger partial charge in [-0.15, -0.1) is 0 Å². The smallest absolute Gasteiger partial charge is 0.328 e. The zero-order valence-electron chi connectivity index (χ0n) is 10.0. The number of carboxylic acid groups (broad SMARTS) is 1. The molecule has 8 heteroatoms. The lowest BCUT2D eigenvalue weighted by molar-refractivity contribution is -0.140.